The molecule has 1 amide bonds. The number of aryl methyl sites for hydroxylation is 1. The molecule has 1 aromatic rings. The molecule has 0 aromatic carbocycles. The van der Waals surface area contributed by atoms with E-state index < -0.39 is 0 Å². The number of nitrogens with zero attached hydrogens (tertiary/aromatic N) is 1. The van der Waals surface area contributed by atoms with E-state index >= 15 is 0 Å². The largest absolute Gasteiger partial charge is 0.349 e. The van der Waals surface area contributed by atoms with E-state index in [-0.39, 0.29) is 5.91 Å². The molecule has 1 aromatic heterocycles. The van der Waals surface area contributed by atoms with Crippen molar-refractivity contribution in [2.24, 2.45) is 0 Å². The van der Waals surface area contributed by atoms with Crippen molar-refractivity contribution in [1.29, 1.82) is 0 Å². The molecular formula is C10H12N2O. The molecule has 68 valence electrons. The third kappa shape index (κ3) is 2.71. The molecule has 0 saturated heterocycles. The molecule has 0 aliphatic rings. The monoisotopic (exact) mass is 176 g/mol. The van der Waals surface area contributed by atoms with Crippen molar-refractivity contribution < 1.29 is 4.79 Å². The van der Waals surface area contributed by atoms with Crippen LogP contribution in [0.3, 0.4) is 0 Å². The highest BCUT2D eigenvalue weighted by Crippen LogP contribution is 1.98. The van der Waals surface area contributed by atoms with E-state index in [9.17, 15) is 4.79 Å². The fraction of sp³-hybridized carbons (Fsp3) is 0.200. The van der Waals surface area contributed by atoms with Gasteiger partial charge in [-0.05, 0) is 19.1 Å². The molecule has 1 rings (SSSR count). The molecule has 0 aliphatic heterocycles. The van der Waals surface area contributed by atoms with Crippen molar-refractivity contribution >= 4 is 5.91 Å². The summed E-state index contributed by atoms with van der Waals surface area (Å²) in [7, 11) is 0. The summed E-state index contributed by atoms with van der Waals surface area (Å²) in [4.78, 5) is 15.3. The van der Waals surface area contributed by atoms with Crippen LogP contribution in [0.1, 0.15) is 16.1 Å². The molecule has 0 atom stereocenters. The number of hydrogen-bond donors (Lipinski definition) is 1. The van der Waals surface area contributed by atoms with E-state index in [1.165, 1.54) is 0 Å². The van der Waals surface area contributed by atoms with Crippen LogP contribution in [0, 0.1) is 6.92 Å². The molecule has 1 heterocycles. The Morgan fingerprint density at radius 1 is 1.69 bits per heavy atom. The van der Waals surface area contributed by atoms with E-state index in [0.717, 1.165) is 5.69 Å². The van der Waals surface area contributed by atoms with Crippen molar-refractivity contribution in [3.63, 3.8) is 0 Å². The average Bonchev–Trinajstić information content (AvgIpc) is 2.15. The van der Waals surface area contributed by atoms with Gasteiger partial charge in [0, 0.05) is 18.4 Å². The zero-order valence-corrected chi connectivity index (χ0v) is 7.58. The van der Waals surface area contributed by atoms with Crippen LogP contribution in [0.15, 0.2) is 31.0 Å². The predicted octanol–water partition coefficient (Wildman–Crippen LogP) is 1.31. The lowest BCUT2D eigenvalue weighted by atomic mass is 10.2. The molecule has 3 nitrogen and oxygen atoms in total. The Bertz CT molecular complexity index is 303. The number of carbonyl (C=O) groups excluding carboxylic acids is 1. The molecule has 13 heavy (non-hydrogen) atoms. The fourth-order valence-electron chi connectivity index (χ4n) is 0.869. The second-order valence-corrected chi connectivity index (χ2v) is 2.69. The summed E-state index contributed by atoms with van der Waals surface area (Å²) in [5.74, 6) is -0.118. The molecule has 0 bridgehead atoms. The maximum absolute atomic E-state index is 11.3. The van der Waals surface area contributed by atoms with Crippen LogP contribution in [0.5, 0.6) is 0 Å². The number of rotatable bonds is 3. The molecule has 0 aliphatic carbocycles. The zero-order valence-electron chi connectivity index (χ0n) is 7.58. The lowest BCUT2D eigenvalue weighted by Gasteiger charge is -2.01. The third-order valence-electron chi connectivity index (χ3n) is 1.58. The van der Waals surface area contributed by atoms with Crippen LogP contribution in [0.25, 0.3) is 0 Å². The van der Waals surface area contributed by atoms with Gasteiger partial charge >= 0.3 is 0 Å². The van der Waals surface area contributed by atoms with Gasteiger partial charge in [-0.15, -0.1) is 6.58 Å². The van der Waals surface area contributed by atoms with Crippen molar-refractivity contribution in [2.75, 3.05) is 6.54 Å². The Morgan fingerprint density at radius 3 is 3.00 bits per heavy atom. The van der Waals surface area contributed by atoms with Gasteiger partial charge in [-0.25, -0.2) is 0 Å². The molecular weight excluding hydrogens is 164 g/mol. The van der Waals surface area contributed by atoms with Crippen LogP contribution in [0.4, 0.5) is 0 Å². The minimum absolute atomic E-state index is 0.118. The summed E-state index contributed by atoms with van der Waals surface area (Å²) in [6, 6.07) is 3.56. The quantitative estimate of drug-likeness (QED) is 0.705. The maximum atomic E-state index is 11.3. The van der Waals surface area contributed by atoms with Crippen LogP contribution in [-0.4, -0.2) is 17.4 Å². The van der Waals surface area contributed by atoms with Crippen molar-refractivity contribution in [2.45, 2.75) is 6.92 Å². The normalized spacial score (nSPS) is 9.31. The topological polar surface area (TPSA) is 42.0 Å². The first kappa shape index (κ1) is 9.45. The van der Waals surface area contributed by atoms with E-state index in [2.05, 4.69) is 16.9 Å². The zero-order chi connectivity index (χ0) is 9.68. The Kier molecular flexibility index (Phi) is 3.20. The number of aromatic nitrogens is 1. The Labute approximate surface area is 77.5 Å². The van der Waals surface area contributed by atoms with Crippen molar-refractivity contribution in [3.8, 4) is 0 Å². The molecule has 0 unspecified atom stereocenters. The number of carbonyl (C=O) groups is 1. The van der Waals surface area contributed by atoms with Gasteiger partial charge in [-0.1, -0.05) is 6.08 Å². The molecule has 3 heteroatoms. The average molecular weight is 176 g/mol. The van der Waals surface area contributed by atoms with Gasteiger partial charge in [0.25, 0.3) is 5.91 Å². The second kappa shape index (κ2) is 4.40. The van der Waals surface area contributed by atoms with E-state index in [0.29, 0.717) is 12.1 Å². The summed E-state index contributed by atoms with van der Waals surface area (Å²) in [5.41, 5.74) is 1.48. The van der Waals surface area contributed by atoms with Crippen LogP contribution in [0.2, 0.25) is 0 Å². The minimum Gasteiger partial charge on any atom is -0.349 e. The van der Waals surface area contributed by atoms with Crippen molar-refractivity contribution in [1.82, 2.24) is 10.3 Å². The fourth-order valence-corrected chi connectivity index (χ4v) is 0.869. The van der Waals surface area contributed by atoms with Gasteiger partial charge in [0.2, 0.25) is 0 Å². The predicted molar refractivity (Wildman–Crippen MR) is 51.5 cm³/mol. The van der Waals surface area contributed by atoms with Crippen molar-refractivity contribution in [3.05, 3.63) is 42.2 Å². The lowest BCUT2D eigenvalue weighted by Crippen LogP contribution is -2.23. The number of nitrogens with one attached hydrogen (secondary N) is 1. The van der Waals surface area contributed by atoms with E-state index in [1.54, 1.807) is 18.3 Å². The van der Waals surface area contributed by atoms with Gasteiger partial charge in [0.1, 0.15) is 0 Å². The minimum atomic E-state index is -0.118. The maximum Gasteiger partial charge on any atom is 0.253 e. The standard InChI is InChI=1S/C10H12N2O/c1-3-6-11-10(13)9-5-4-8(2)12-7-9/h3-5,7H,1,6H2,2H3,(H,11,13). The summed E-state index contributed by atoms with van der Waals surface area (Å²) in [6.45, 7) is 5.87. The van der Waals surface area contributed by atoms with E-state index in [4.69, 9.17) is 0 Å². The smallest absolute Gasteiger partial charge is 0.253 e. The third-order valence-corrected chi connectivity index (χ3v) is 1.58. The number of amides is 1. The highest BCUT2D eigenvalue weighted by atomic mass is 16.1. The Balaban J connectivity index is 2.66. The summed E-state index contributed by atoms with van der Waals surface area (Å²) < 4.78 is 0. The van der Waals surface area contributed by atoms with Crippen LogP contribution < -0.4 is 5.32 Å². The van der Waals surface area contributed by atoms with Gasteiger partial charge < -0.3 is 5.32 Å². The first-order chi connectivity index (χ1) is 6.24. The second-order valence-electron chi connectivity index (χ2n) is 2.69. The first-order valence-electron chi connectivity index (χ1n) is 4.06. The molecule has 0 radical (unpaired) electrons. The molecule has 0 saturated carbocycles. The summed E-state index contributed by atoms with van der Waals surface area (Å²) in [5, 5.41) is 2.67. The SMILES string of the molecule is C=CCNC(=O)c1ccc(C)nc1. The summed E-state index contributed by atoms with van der Waals surface area (Å²) >= 11 is 0. The highest BCUT2D eigenvalue weighted by molar-refractivity contribution is 5.93. The lowest BCUT2D eigenvalue weighted by molar-refractivity contribution is 0.0957. The number of hydrogen-bond acceptors (Lipinski definition) is 2. The van der Waals surface area contributed by atoms with Gasteiger partial charge in [-0.2, -0.15) is 0 Å². The number of pyridine rings is 1. The first-order valence-corrected chi connectivity index (χ1v) is 4.06. The molecule has 0 fully saturated rings. The van der Waals surface area contributed by atoms with Crippen LogP contribution in [-0.2, 0) is 0 Å². The van der Waals surface area contributed by atoms with Gasteiger partial charge in [0.15, 0.2) is 0 Å². The molecule has 1 N–H and O–H groups in total. The summed E-state index contributed by atoms with van der Waals surface area (Å²) in [6.07, 6.45) is 3.20. The van der Waals surface area contributed by atoms with Crippen LogP contribution >= 0.6 is 0 Å². The Hall–Kier alpha value is -1.64. The van der Waals surface area contributed by atoms with Gasteiger partial charge in [0.05, 0.1) is 5.56 Å². The van der Waals surface area contributed by atoms with Gasteiger partial charge in [-0.3, -0.25) is 9.78 Å². The molecule has 0 spiro atoms. The Morgan fingerprint density at radius 2 is 2.46 bits per heavy atom. The van der Waals surface area contributed by atoms with E-state index in [1.807, 2.05) is 13.0 Å². The highest BCUT2D eigenvalue weighted by Gasteiger charge is 2.02.